The van der Waals surface area contributed by atoms with Gasteiger partial charge in [-0.05, 0) is 49.2 Å². The molecule has 2 heterocycles. The highest BCUT2D eigenvalue weighted by Gasteiger charge is 2.34. The van der Waals surface area contributed by atoms with E-state index in [1.165, 1.54) is 22.7 Å². The summed E-state index contributed by atoms with van der Waals surface area (Å²) in [5.74, 6) is 0.561. The number of benzene rings is 2. The van der Waals surface area contributed by atoms with Crippen molar-refractivity contribution in [1.29, 1.82) is 0 Å². The van der Waals surface area contributed by atoms with Crippen LogP contribution in [0.2, 0.25) is 0 Å². The van der Waals surface area contributed by atoms with Gasteiger partial charge in [-0.1, -0.05) is 48.2 Å². The van der Waals surface area contributed by atoms with Crippen molar-refractivity contribution >= 4 is 51.7 Å². The lowest BCUT2D eigenvalue weighted by Crippen LogP contribution is -2.28. The summed E-state index contributed by atoms with van der Waals surface area (Å²) in [6.45, 7) is 3.71. The Morgan fingerprint density at radius 1 is 1.13 bits per heavy atom. The minimum Gasteiger partial charge on any atom is -0.456 e. The van der Waals surface area contributed by atoms with Crippen LogP contribution in [-0.2, 0) is 4.79 Å². The number of anilines is 1. The van der Waals surface area contributed by atoms with E-state index < -0.39 is 4.92 Å². The second-order valence-electron chi connectivity index (χ2n) is 6.78. The standard InChI is InChI=1S/C22H16N2O4S2/c1-13-7-9-16(18(11-13)24(26)27)19-10-8-15(28-19)12-20-21(25)23(22(29)30-20)17-6-4-3-5-14(17)2/h3-12H,1-2H3/b20-12+. The van der Waals surface area contributed by atoms with Gasteiger partial charge in [0, 0.05) is 12.1 Å². The van der Waals surface area contributed by atoms with Crippen molar-refractivity contribution in [1.82, 2.24) is 0 Å². The van der Waals surface area contributed by atoms with Crippen molar-refractivity contribution in [2.75, 3.05) is 4.90 Å². The number of thiocarbonyl (C=S) groups is 1. The average Bonchev–Trinajstić information content (AvgIpc) is 3.27. The molecular weight excluding hydrogens is 420 g/mol. The number of carbonyl (C=O) groups is 1. The molecule has 1 aliphatic heterocycles. The fourth-order valence-corrected chi connectivity index (χ4v) is 4.46. The van der Waals surface area contributed by atoms with E-state index >= 15 is 0 Å². The highest BCUT2D eigenvalue weighted by molar-refractivity contribution is 8.27. The molecule has 0 bridgehead atoms. The molecule has 2 aromatic carbocycles. The third kappa shape index (κ3) is 3.67. The number of hydrogen-bond acceptors (Lipinski definition) is 6. The third-order valence-electron chi connectivity index (χ3n) is 4.67. The monoisotopic (exact) mass is 436 g/mol. The molecule has 0 unspecified atom stereocenters. The second kappa shape index (κ2) is 7.89. The number of carbonyl (C=O) groups excluding carboxylic acids is 1. The molecule has 1 aromatic heterocycles. The first-order chi connectivity index (χ1) is 14.3. The number of nitrogens with zero attached hydrogens (tertiary/aromatic N) is 2. The summed E-state index contributed by atoms with van der Waals surface area (Å²) in [5.41, 5.74) is 2.84. The lowest BCUT2D eigenvalue weighted by Gasteiger charge is -2.16. The van der Waals surface area contributed by atoms with E-state index in [-0.39, 0.29) is 11.6 Å². The molecule has 0 saturated carbocycles. The maximum atomic E-state index is 12.9. The van der Waals surface area contributed by atoms with Crippen LogP contribution < -0.4 is 4.90 Å². The summed E-state index contributed by atoms with van der Waals surface area (Å²) >= 11 is 6.61. The van der Waals surface area contributed by atoms with Crippen LogP contribution in [-0.4, -0.2) is 15.2 Å². The summed E-state index contributed by atoms with van der Waals surface area (Å²) in [4.78, 5) is 25.9. The predicted octanol–water partition coefficient (Wildman–Crippen LogP) is 5.88. The zero-order chi connectivity index (χ0) is 21.4. The number of hydrogen-bond donors (Lipinski definition) is 0. The number of furan rings is 1. The number of nitro benzene ring substituents is 1. The first kappa shape index (κ1) is 20.1. The number of aryl methyl sites for hydroxylation is 2. The summed E-state index contributed by atoms with van der Waals surface area (Å²) in [6.07, 6.45) is 1.61. The largest absolute Gasteiger partial charge is 0.456 e. The maximum absolute atomic E-state index is 12.9. The fraction of sp³-hybridized carbons (Fsp3) is 0.0909. The van der Waals surface area contributed by atoms with Crippen molar-refractivity contribution in [3.05, 3.63) is 86.5 Å². The molecule has 0 radical (unpaired) electrons. The van der Waals surface area contributed by atoms with Crippen LogP contribution in [0.25, 0.3) is 17.4 Å². The van der Waals surface area contributed by atoms with E-state index in [1.807, 2.05) is 31.2 Å². The van der Waals surface area contributed by atoms with Crippen LogP contribution in [0.5, 0.6) is 0 Å². The Morgan fingerprint density at radius 3 is 2.63 bits per heavy atom. The van der Waals surface area contributed by atoms with Gasteiger partial charge >= 0.3 is 0 Å². The zero-order valence-electron chi connectivity index (χ0n) is 16.1. The normalized spacial score (nSPS) is 15.3. The van der Waals surface area contributed by atoms with Crippen LogP contribution in [0.1, 0.15) is 16.9 Å². The molecule has 8 heteroatoms. The Kier molecular flexibility index (Phi) is 5.27. The molecule has 1 fully saturated rings. The molecule has 1 saturated heterocycles. The lowest BCUT2D eigenvalue weighted by molar-refractivity contribution is -0.384. The first-order valence-corrected chi connectivity index (χ1v) is 10.3. The van der Waals surface area contributed by atoms with Crippen LogP contribution in [0, 0.1) is 24.0 Å². The Labute approximate surface area is 182 Å². The van der Waals surface area contributed by atoms with Gasteiger partial charge < -0.3 is 4.42 Å². The quantitative estimate of drug-likeness (QED) is 0.220. The van der Waals surface area contributed by atoms with Crippen molar-refractivity contribution in [3.8, 4) is 11.3 Å². The summed E-state index contributed by atoms with van der Waals surface area (Å²) in [7, 11) is 0. The number of thioether (sulfide) groups is 1. The van der Waals surface area contributed by atoms with Crippen molar-refractivity contribution < 1.29 is 14.1 Å². The lowest BCUT2D eigenvalue weighted by atomic mass is 10.1. The highest BCUT2D eigenvalue weighted by atomic mass is 32.2. The second-order valence-corrected chi connectivity index (χ2v) is 8.46. The van der Waals surface area contributed by atoms with Gasteiger partial charge in [-0.25, -0.2) is 0 Å². The van der Waals surface area contributed by atoms with E-state index in [0.29, 0.717) is 26.3 Å². The molecule has 0 atom stereocenters. The Bertz CT molecular complexity index is 1230. The molecule has 6 nitrogen and oxygen atoms in total. The minimum atomic E-state index is -0.433. The van der Waals surface area contributed by atoms with Gasteiger partial charge in [-0.2, -0.15) is 0 Å². The molecule has 0 spiro atoms. The molecule has 0 N–H and O–H groups in total. The smallest absolute Gasteiger partial charge is 0.280 e. The van der Waals surface area contributed by atoms with Gasteiger partial charge in [0.1, 0.15) is 11.5 Å². The first-order valence-electron chi connectivity index (χ1n) is 9.04. The molecule has 150 valence electrons. The predicted molar refractivity (Wildman–Crippen MR) is 122 cm³/mol. The van der Waals surface area contributed by atoms with Crippen LogP contribution in [0.15, 0.2) is 63.9 Å². The molecule has 1 amide bonds. The highest BCUT2D eigenvalue weighted by Crippen LogP contribution is 2.38. The number of nitro groups is 1. The van der Waals surface area contributed by atoms with Crippen LogP contribution in [0.4, 0.5) is 11.4 Å². The zero-order valence-corrected chi connectivity index (χ0v) is 17.8. The molecule has 0 aliphatic carbocycles. The van der Waals surface area contributed by atoms with Gasteiger partial charge in [0.05, 0.1) is 21.1 Å². The van der Waals surface area contributed by atoms with E-state index in [1.54, 1.807) is 37.3 Å². The SMILES string of the molecule is Cc1ccc(-c2ccc(/C=C3/SC(=S)N(c4ccccc4C)C3=O)o2)c([N+](=O)[O-])c1. The minimum absolute atomic E-state index is 0.0261. The van der Waals surface area contributed by atoms with Gasteiger partial charge in [-0.15, -0.1) is 0 Å². The van der Waals surface area contributed by atoms with Gasteiger partial charge in [0.25, 0.3) is 11.6 Å². The molecule has 4 rings (SSSR count). The van der Waals surface area contributed by atoms with E-state index in [9.17, 15) is 14.9 Å². The fourth-order valence-electron chi connectivity index (χ4n) is 3.20. The molecule has 3 aromatic rings. The summed E-state index contributed by atoms with van der Waals surface area (Å²) < 4.78 is 6.25. The van der Waals surface area contributed by atoms with E-state index in [2.05, 4.69) is 0 Å². The summed E-state index contributed by atoms with van der Waals surface area (Å²) in [6, 6.07) is 15.8. The maximum Gasteiger partial charge on any atom is 0.280 e. The third-order valence-corrected chi connectivity index (χ3v) is 5.97. The van der Waals surface area contributed by atoms with Gasteiger partial charge in [0.15, 0.2) is 4.32 Å². The number of rotatable bonds is 4. The van der Waals surface area contributed by atoms with Crippen molar-refractivity contribution in [2.24, 2.45) is 0 Å². The molecule has 30 heavy (non-hydrogen) atoms. The van der Waals surface area contributed by atoms with Gasteiger partial charge in [-0.3, -0.25) is 19.8 Å². The number of amides is 1. The topological polar surface area (TPSA) is 76.6 Å². The Morgan fingerprint density at radius 2 is 1.90 bits per heavy atom. The van der Waals surface area contributed by atoms with Crippen LogP contribution >= 0.6 is 24.0 Å². The number of para-hydroxylation sites is 1. The molecule has 1 aliphatic rings. The summed E-state index contributed by atoms with van der Waals surface area (Å²) in [5, 5.41) is 11.4. The van der Waals surface area contributed by atoms with Gasteiger partial charge in [0.2, 0.25) is 0 Å². The van der Waals surface area contributed by atoms with E-state index in [4.69, 9.17) is 16.6 Å². The Hall–Kier alpha value is -3.23. The van der Waals surface area contributed by atoms with Crippen LogP contribution in [0.3, 0.4) is 0 Å². The molecular formula is C22H16N2O4S2. The van der Waals surface area contributed by atoms with E-state index in [0.717, 1.165) is 16.8 Å². The Balaban J connectivity index is 1.66. The average molecular weight is 437 g/mol. The van der Waals surface area contributed by atoms with Crippen molar-refractivity contribution in [3.63, 3.8) is 0 Å². The van der Waals surface area contributed by atoms with Crippen molar-refractivity contribution in [2.45, 2.75) is 13.8 Å².